The van der Waals surface area contributed by atoms with Crippen LogP contribution in [-0.2, 0) is 11.3 Å². The third-order valence-electron chi connectivity index (χ3n) is 4.44. The number of rotatable bonds is 5. The van der Waals surface area contributed by atoms with Crippen molar-refractivity contribution in [3.63, 3.8) is 0 Å². The fraction of sp³-hybridized carbons (Fsp3) is 0.333. The quantitative estimate of drug-likeness (QED) is 0.685. The van der Waals surface area contributed by atoms with E-state index in [-0.39, 0.29) is 18.1 Å². The van der Waals surface area contributed by atoms with Gasteiger partial charge in [-0.25, -0.2) is 18.9 Å². The van der Waals surface area contributed by atoms with Crippen molar-refractivity contribution in [3.8, 4) is 5.75 Å². The lowest BCUT2D eigenvalue weighted by atomic mass is 10.3. The molecule has 1 amide bonds. The average Bonchev–Trinajstić information content (AvgIpc) is 3.04. The third-order valence-corrected chi connectivity index (χ3v) is 5.38. The molecule has 1 saturated heterocycles. The van der Waals surface area contributed by atoms with Crippen LogP contribution in [0.15, 0.2) is 41.5 Å². The Balaban J connectivity index is 1.57. The molecular weight excluding hydrogens is 380 g/mol. The predicted molar refractivity (Wildman–Crippen MR) is 108 cm³/mol. The molecule has 1 N–H and O–H groups in total. The number of thioether (sulfide) groups is 1. The number of benzene rings is 1. The highest BCUT2D eigenvalue weighted by atomic mass is 32.2. The number of aromatic nitrogens is 4. The molecule has 10 heteroatoms. The van der Waals surface area contributed by atoms with Crippen LogP contribution in [0.2, 0.25) is 0 Å². The maximum absolute atomic E-state index is 12.7. The van der Waals surface area contributed by atoms with E-state index in [1.54, 1.807) is 43.8 Å². The van der Waals surface area contributed by atoms with E-state index in [0.29, 0.717) is 22.9 Å². The molecular formula is C18H20N6O3S. The predicted octanol–water partition coefficient (Wildman–Crippen LogP) is 1.09. The van der Waals surface area contributed by atoms with Crippen LogP contribution in [0.5, 0.6) is 5.75 Å². The Bertz CT molecular complexity index is 1060. The summed E-state index contributed by atoms with van der Waals surface area (Å²) in [5.41, 5.74) is 0.689. The Labute approximate surface area is 165 Å². The van der Waals surface area contributed by atoms with Gasteiger partial charge in [0.15, 0.2) is 5.82 Å². The first-order chi connectivity index (χ1) is 13.7. The van der Waals surface area contributed by atoms with Gasteiger partial charge in [0.2, 0.25) is 11.6 Å². The summed E-state index contributed by atoms with van der Waals surface area (Å²) >= 11 is 1.89. The first kappa shape index (κ1) is 18.4. The highest BCUT2D eigenvalue weighted by molar-refractivity contribution is 7.99. The van der Waals surface area contributed by atoms with Crippen LogP contribution in [0, 0.1) is 0 Å². The van der Waals surface area contributed by atoms with E-state index >= 15 is 0 Å². The number of carbonyl (C=O) groups excluding carboxylic acids is 1. The second kappa shape index (κ2) is 7.93. The number of hydrogen-bond donors (Lipinski definition) is 1. The Hall–Kier alpha value is -3.01. The van der Waals surface area contributed by atoms with E-state index < -0.39 is 0 Å². The second-order valence-electron chi connectivity index (χ2n) is 6.26. The fourth-order valence-electron chi connectivity index (χ4n) is 3.07. The van der Waals surface area contributed by atoms with Crippen LogP contribution in [0.4, 0.5) is 11.5 Å². The maximum atomic E-state index is 12.7. The van der Waals surface area contributed by atoms with E-state index in [1.807, 2.05) is 11.8 Å². The Kier molecular flexibility index (Phi) is 5.20. The van der Waals surface area contributed by atoms with Crippen LogP contribution in [0.3, 0.4) is 0 Å². The number of ether oxygens (including phenoxy) is 1. The number of hydrogen-bond acceptors (Lipinski definition) is 7. The molecule has 9 nitrogen and oxygen atoms in total. The summed E-state index contributed by atoms with van der Waals surface area (Å²) in [6.45, 7) is 1.52. The van der Waals surface area contributed by atoms with Crippen molar-refractivity contribution in [2.24, 2.45) is 0 Å². The van der Waals surface area contributed by atoms with Crippen molar-refractivity contribution in [1.29, 1.82) is 0 Å². The van der Waals surface area contributed by atoms with Crippen molar-refractivity contribution in [2.75, 3.05) is 41.9 Å². The molecule has 3 aromatic rings. The molecule has 146 valence electrons. The van der Waals surface area contributed by atoms with Gasteiger partial charge in [0.1, 0.15) is 12.3 Å². The number of anilines is 2. The van der Waals surface area contributed by atoms with Crippen LogP contribution in [-0.4, -0.2) is 56.8 Å². The van der Waals surface area contributed by atoms with Gasteiger partial charge in [-0.2, -0.15) is 11.8 Å². The van der Waals surface area contributed by atoms with E-state index in [1.165, 1.54) is 4.40 Å². The molecule has 1 fully saturated rings. The number of nitrogens with zero attached hydrogens (tertiary/aromatic N) is 5. The number of methoxy groups -OCH3 is 1. The van der Waals surface area contributed by atoms with Crippen LogP contribution in [0.25, 0.3) is 5.65 Å². The summed E-state index contributed by atoms with van der Waals surface area (Å²) in [4.78, 5) is 31.6. The van der Waals surface area contributed by atoms with Gasteiger partial charge in [-0.15, -0.1) is 5.10 Å². The molecule has 3 heterocycles. The van der Waals surface area contributed by atoms with Crippen molar-refractivity contribution >= 4 is 34.8 Å². The van der Waals surface area contributed by atoms with Gasteiger partial charge in [0.05, 0.1) is 7.11 Å². The van der Waals surface area contributed by atoms with Gasteiger partial charge < -0.3 is 15.0 Å². The van der Waals surface area contributed by atoms with Crippen molar-refractivity contribution in [2.45, 2.75) is 6.54 Å². The van der Waals surface area contributed by atoms with Gasteiger partial charge in [-0.3, -0.25) is 4.79 Å². The zero-order chi connectivity index (χ0) is 19.5. The standard InChI is InChI=1S/C18H20N6O3S/c1-27-14-4-2-3-13(11-14)20-15(25)12-24-18(26)23-6-5-19-16(17(23)21-24)22-7-9-28-10-8-22/h2-6,11H,7-10,12H2,1H3,(H,20,25). The minimum atomic E-state index is -0.370. The van der Waals surface area contributed by atoms with E-state index in [0.717, 1.165) is 29.3 Å². The summed E-state index contributed by atoms with van der Waals surface area (Å²) in [5.74, 6) is 2.99. The van der Waals surface area contributed by atoms with Gasteiger partial charge in [-0.05, 0) is 12.1 Å². The highest BCUT2D eigenvalue weighted by Gasteiger charge is 2.20. The lowest BCUT2D eigenvalue weighted by molar-refractivity contribution is -0.117. The van der Waals surface area contributed by atoms with E-state index in [2.05, 4.69) is 20.3 Å². The molecule has 0 bridgehead atoms. The summed E-state index contributed by atoms with van der Waals surface area (Å²) in [7, 11) is 1.56. The number of nitrogens with one attached hydrogen (secondary N) is 1. The normalized spacial score (nSPS) is 14.2. The maximum Gasteiger partial charge on any atom is 0.350 e. The molecule has 2 aromatic heterocycles. The highest BCUT2D eigenvalue weighted by Crippen LogP contribution is 2.20. The Morgan fingerprint density at radius 3 is 2.93 bits per heavy atom. The van der Waals surface area contributed by atoms with Crippen LogP contribution >= 0.6 is 11.8 Å². The zero-order valence-electron chi connectivity index (χ0n) is 15.4. The Morgan fingerprint density at radius 2 is 2.14 bits per heavy atom. The third kappa shape index (κ3) is 3.68. The molecule has 0 unspecified atom stereocenters. The molecule has 1 aliphatic rings. The molecule has 0 radical (unpaired) electrons. The second-order valence-corrected chi connectivity index (χ2v) is 7.49. The monoisotopic (exact) mass is 400 g/mol. The largest absolute Gasteiger partial charge is 0.497 e. The Morgan fingerprint density at radius 1 is 1.32 bits per heavy atom. The first-order valence-corrected chi connectivity index (χ1v) is 10.0. The molecule has 0 aliphatic carbocycles. The van der Waals surface area contributed by atoms with Crippen molar-refractivity contribution < 1.29 is 9.53 Å². The van der Waals surface area contributed by atoms with E-state index in [9.17, 15) is 9.59 Å². The summed E-state index contributed by atoms with van der Waals surface area (Å²) in [6.07, 6.45) is 3.16. The van der Waals surface area contributed by atoms with Gasteiger partial charge in [-0.1, -0.05) is 6.07 Å². The molecule has 0 saturated carbocycles. The van der Waals surface area contributed by atoms with Gasteiger partial charge in [0, 0.05) is 48.7 Å². The number of carbonyl (C=O) groups is 1. The van der Waals surface area contributed by atoms with Gasteiger partial charge >= 0.3 is 5.69 Å². The van der Waals surface area contributed by atoms with Crippen LogP contribution in [0.1, 0.15) is 0 Å². The zero-order valence-corrected chi connectivity index (χ0v) is 16.2. The van der Waals surface area contributed by atoms with E-state index in [4.69, 9.17) is 4.74 Å². The van der Waals surface area contributed by atoms with Gasteiger partial charge in [0.25, 0.3) is 0 Å². The van der Waals surface area contributed by atoms with Crippen LogP contribution < -0.4 is 20.6 Å². The number of amides is 1. The summed E-state index contributed by atoms with van der Waals surface area (Å²) < 4.78 is 7.74. The summed E-state index contributed by atoms with van der Waals surface area (Å²) in [5, 5.41) is 7.13. The van der Waals surface area contributed by atoms with Crippen molar-refractivity contribution in [3.05, 3.63) is 47.1 Å². The minimum Gasteiger partial charge on any atom is -0.497 e. The minimum absolute atomic E-state index is 0.187. The molecule has 0 atom stereocenters. The topological polar surface area (TPSA) is 93.8 Å². The average molecular weight is 400 g/mol. The molecule has 4 rings (SSSR count). The number of fused-ring (bicyclic) bond motifs is 1. The smallest absolute Gasteiger partial charge is 0.350 e. The lowest BCUT2D eigenvalue weighted by Crippen LogP contribution is -2.33. The molecule has 1 aromatic carbocycles. The fourth-order valence-corrected chi connectivity index (χ4v) is 3.98. The first-order valence-electron chi connectivity index (χ1n) is 8.86. The lowest BCUT2D eigenvalue weighted by Gasteiger charge is -2.27. The molecule has 0 spiro atoms. The summed E-state index contributed by atoms with van der Waals surface area (Å²) in [6, 6.07) is 7.03. The molecule has 28 heavy (non-hydrogen) atoms. The molecule has 1 aliphatic heterocycles. The SMILES string of the molecule is COc1cccc(NC(=O)Cn2nc3c(N4CCSCC4)nccn3c2=O)c1. The van der Waals surface area contributed by atoms with Crippen molar-refractivity contribution in [1.82, 2.24) is 19.2 Å².